The van der Waals surface area contributed by atoms with Crippen molar-refractivity contribution in [2.75, 3.05) is 5.32 Å². The van der Waals surface area contributed by atoms with Gasteiger partial charge >= 0.3 is 11.8 Å². The highest BCUT2D eigenvalue weighted by Crippen LogP contribution is 2.37. The first-order valence-electron chi connectivity index (χ1n) is 7.57. The van der Waals surface area contributed by atoms with Gasteiger partial charge in [0.2, 0.25) is 5.88 Å². The fourth-order valence-electron chi connectivity index (χ4n) is 2.42. The Bertz CT molecular complexity index is 987. The van der Waals surface area contributed by atoms with Gasteiger partial charge in [0.15, 0.2) is 5.69 Å². The molecule has 0 aliphatic rings. The number of anilines is 1. The largest absolute Gasteiger partial charge is 0.493 e. The third-order valence-corrected chi connectivity index (χ3v) is 3.79. The van der Waals surface area contributed by atoms with Crippen LogP contribution in [0.5, 0.6) is 5.88 Å². The molecule has 0 spiro atoms. The van der Waals surface area contributed by atoms with Crippen LogP contribution < -0.4 is 5.32 Å². The molecule has 0 saturated carbocycles. The molecule has 3 aromatic rings. The van der Waals surface area contributed by atoms with Gasteiger partial charge in [0.25, 0.3) is 0 Å². The number of hydrogen-bond acceptors (Lipinski definition) is 4. The lowest BCUT2D eigenvalue weighted by Crippen LogP contribution is -2.20. The first-order chi connectivity index (χ1) is 12.0. The lowest BCUT2D eigenvalue weighted by atomic mass is 10.2. The van der Waals surface area contributed by atoms with Crippen molar-refractivity contribution in [3.63, 3.8) is 0 Å². The van der Waals surface area contributed by atoms with E-state index in [0.717, 1.165) is 11.1 Å². The fraction of sp³-hybridized carbons (Fsp3) is 0.111. The van der Waals surface area contributed by atoms with Crippen molar-refractivity contribution >= 4 is 34.1 Å². The second-order valence-electron chi connectivity index (χ2n) is 5.57. The molecular weight excluding hydrogens is 320 g/mol. The Labute approximate surface area is 143 Å². The van der Waals surface area contributed by atoms with Gasteiger partial charge in [-0.05, 0) is 25.1 Å². The number of benzene rings is 2. The molecule has 0 bridgehead atoms. The van der Waals surface area contributed by atoms with Crippen molar-refractivity contribution < 1.29 is 14.7 Å². The van der Waals surface area contributed by atoms with Crippen molar-refractivity contribution in [3.05, 3.63) is 54.1 Å². The Morgan fingerprint density at radius 2 is 1.76 bits per heavy atom. The van der Waals surface area contributed by atoms with E-state index >= 15 is 0 Å². The molecule has 0 unspecified atom stereocenters. The van der Waals surface area contributed by atoms with E-state index in [2.05, 4.69) is 15.5 Å². The maximum Gasteiger partial charge on any atom is 0.353 e. The van der Waals surface area contributed by atoms with Gasteiger partial charge in [-0.3, -0.25) is 9.59 Å². The van der Waals surface area contributed by atoms with Gasteiger partial charge < -0.3 is 15.0 Å². The Kier molecular flexibility index (Phi) is 4.30. The van der Waals surface area contributed by atoms with E-state index in [1.54, 1.807) is 37.4 Å². The first-order valence-corrected chi connectivity index (χ1v) is 7.57. The number of amides is 2. The van der Waals surface area contributed by atoms with Crippen LogP contribution in [0.3, 0.4) is 0 Å². The standard InChI is InChI=1S/C18H16N4O3/c1-11-7-9-12(10-8-11)19-16(23)17(24)21-20-15-13-5-3-4-6-14(13)22(2)18(15)25/h3-10,25H,1-2H3,(H,19,23). The summed E-state index contributed by atoms with van der Waals surface area (Å²) >= 11 is 0. The molecule has 7 nitrogen and oxygen atoms in total. The summed E-state index contributed by atoms with van der Waals surface area (Å²) in [6, 6.07) is 14.2. The third-order valence-electron chi connectivity index (χ3n) is 3.79. The molecule has 1 heterocycles. The van der Waals surface area contributed by atoms with Crippen LogP contribution in [-0.2, 0) is 16.6 Å². The number of rotatable bonds is 2. The van der Waals surface area contributed by atoms with Gasteiger partial charge in [0, 0.05) is 18.1 Å². The van der Waals surface area contributed by atoms with Gasteiger partial charge in [0.1, 0.15) is 0 Å². The highest BCUT2D eigenvalue weighted by Gasteiger charge is 2.16. The number of fused-ring (bicyclic) bond motifs is 1. The monoisotopic (exact) mass is 336 g/mol. The molecule has 2 N–H and O–H groups in total. The van der Waals surface area contributed by atoms with Crippen molar-refractivity contribution in [2.24, 2.45) is 17.3 Å². The predicted octanol–water partition coefficient (Wildman–Crippen LogP) is 3.44. The van der Waals surface area contributed by atoms with Crippen LogP contribution in [0.1, 0.15) is 5.56 Å². The highest BCUT2D eigenvalue weighted by atomic mass is 16.3. The SMILES string of the molecule is Cc1ccc(NC(=O)C(=O)N=Nc2c(O)n(C)c3ccccc23)cc1. The van der Waals surface area contributed by atoms with E-state index < -0.39 is 11.8 Å². The summed E-state index contributed by atoms with van der Waals surface area (Å²) in [6.45, 7) is 1.92. The molecule has 2 amide bonds. The van der Waals surface area contributed by atoms with Crippen LogP contribution >= 0.6 is 0 Å². The minimum atomic E-state index is -1.05. The van der Waals surface area contributed by atoms with Crippen LogP contribution in [0.25, 0.3) is 10.9 Å². The lowest BCUT2D eigenvalue weighted by molar-refractivity contribution is -0.134. The molecular formula is C18H16N4O3. The molecule has 0 aliphatic heterocycles. The molecule has 126 valence electrons. The summed E-state index contributed by atoms with van der Waals surface area (Å²) in [5.74, 6) is -2.07. The Hall–Kier alpha value is -3.48. The summed E-state index contributed by atoms with van der Waals surface area (Å²) in [6.07, 6.45) is 0. The average molecular weight is 336 g/mol. The van der Waals surface area contributed by atoms with Gasteiger partial charge in [-0.15, -0.1) is 10.2 Å². The molecule has 0 radical (unpaired) electrons. The zero-order chi connectivity index (χ0) is 18.0. The molecule has 0 fully saturated rings. The lowest BCUT2D eigenvalue weighted by Gasteiger charge is -2.02. The summed E-state index contributed by atoms with van der Waals surface area (Å²) in [4.78, 5) is 23.8. The molecule has 0 aliphatic carbocycles. The minimum Gasteiger partial charge on any atom is -0.493 e. The first kappa shape index (κ1) is 16.4. The molecule has 0 atom stereocenters. The topological polar surface area (TPSA) is 96.1 Å². The Morgan fingerprint density at radius 3 is 2.48 bits per heavy atom. The number of aromatic nitrogens is 1. The Morgan fingerprint density at radius 1 is 1.08 bits per heavy atom. The van der Waals surface area contributed by atoms with E-state index in [0.29, 0.717) is 11.1 Å². The normalized spacial score (nSPS) is 11.1. The zero-order valence-electron chi connectivity index (χ0n) is 13.7. The van der Waals surface area contributed by atoms with Crippen LogP contribution in [0, 0.1) is 6.92 Å². The summed E-state index contributed by atoms with van der Waals surface area (Å²) in [7, 11) is 1.67. The van der Waals surface area contributed by atoms with E-state index in [9.17, 15) is 14.7 Å². The molecule has 1 aromatic heterocycles. The van der Waals surface area contributed by atoms with E-state index in [-0.39, 0.29) is 11.6 Å². The molecule has 7 heteroatoms. The van der Waals surface area contributed by atoms with Crippen LogP contribution in [0.15, 0.2) is 58.8 Å². The van der Waals surface area contributed by atoms with Crippen LogP contribution in [0.2, 0.25) is 0 Å². The number of aromatic hydroxyl groups is 1. The van der Waals surface area contributed by atoms with Gasteiger partial charge in [-0.25, -0.2) is 0 Å². The number of nitrogens with zero attached hydrogens (tertiary/aromatic N) is 3. The van der Waals surface area contributed by atoms with Crippen molar-refractivity contribution in [1.29, 1.82) is 0 Å². The van der Waals surface area contributed by atoms with Crippen LogP contribution in [-0.4, -0.2) is 21.5 Å². The van der Waals surface area contributed by atoms with Gasteiger partial charge in [0.05, 0.1) is 5.52 Å². The number of carbonyl (C=O) groups is 2. The Balaban J connectivity index is 1.80. The minimum absolute atomic E-state index is 0.128. The molecule has 3 rings (SSSR count). The quantitative estimate of drug-likeness (QED) is 0.554. The number of azo groups is 1. The van der Waals surface area contributed by atoms with E-state index in [1.807, 2.05) is 25.1 Å². The summed E-state index contributed by atoms with van der Waals surface area (Å²) in [5.41, 5.74) is 2.42. The van der Waals surface area contributed by atoms with E-state index in [1.165, 1.54) is 4.57 Å². The second kappa shape index (κ2) is 6.56. The summed E-state index contributed by atoms with van der Waals surface area (Å²) in [5, 5.41) is 20.4. The van der Waals surface area contributed by atoms with Crippen LogP contribution in [0.4, 0.5) is 11.4 Å². The van der Waals surface area contributed by atoms with Crippen molar-refractivity contribution in [2.45, 2.75) is 6.92 Å². The number of para-hydroxylation sites is 1. The van der Waals surface area contributed by atoms with E-state index in [4.69, 9.17) is 0 Å². The smallest absolute Gasteiger partial charge is 0.353 e. The zero-order valence-corrected chi connectivity index (χ0v) is 13.7. The number of aryl methyl sites for hydroxylation is 2. The second-order valence-corrected chi connectivity index (χ2v) is 5.57. The molecule has 25 heavy (non-hydrogen) atoms. The molecule has 2 aromatic carbocycles. The number of nitrogens with one attached hydrogen (secondary N) is 1. The maximum atomic E-state index is 11.9. The third kappa shape index (κ3) is 3.25. The molecule has 0 saturated heterocycles. The average Bonchev–Trinajstić information content (AvgIpc) is 2.86. The van der Waals surface area contributed by atoms with Crippen molar-refractivity contribution in [3.8, 4) is 5.88 Å². The fourth-order valence-corrected chi connectivity index (χ4v) is 2.42. The number of carbonyl (C=O) groups excluding carboxylic acids is 2. The van der Waals surface area contributed by atoms with Crippen molar-refractivity contribution in [1.82, 2.24) is 4.57 Å². The predicted molar refractivity (Wildman–Crippen MR) is 93.9 cm³/mol. The maximum absolute atomic E-state index is 11.9. The summed E-state index contributed by atoms with van der Waals surface area (Å²) < 4.78 is 1.53. The highest BCUT2D eigenvalue weighted by molar-refractivity contribution is 6.40. The van der Waals surface area contributed by atoms with Gasteiger partial charge in [-0.1, -0.05) is 35.9 Å². The number of hydrogen-bond donors (Lipinski definition) is 2. The van der Waals surface area contributed by atoms with Gasteiger partial charge in [-0.2, -0.15) is 0 Å².